The van der Waals surface area contributed by atoms with E-state index in [1.807, 2.05) is 30.3 Å². The van der Waals surface area contributed by atoms with Gasteiger partial charge in [-0.3, -0.25) is 9.59 Å². The monoisotopic (exact) mass is 510 g/mol. The molecule has 1 aromatic carbocycles. The van der Waals surface area contributed by atoms with E-state index in [-0.39, 0.29) is 24.2 Å². The number of benzene rings is 1. The maximum atomic E-state index is 13.2. The zero-order chi connectivity index (χ0) is 26.2. The predicted octanol–water partition coefficient (Wildman–Crippen LogP) is 1.82. The van der Waals surface area contributed by atoms with Gasteiger partial charge in [0, 0.05) is 44.4 Å². The lowest BCUT2D eigenvalue weighted by atomic mass is 10.2. The molecule has 1 aromatic heterocycles. The molecule has 0 bridgehead atoms. The van der Waals surface area contributed by atoms with Crippen molar-refractivity contribution in [1.29, 1.82) is 0 Å². The molecule has 1 aliphatic carbocycles. The molecule has 0 spiro atoms. The highest BCUT2D eigenvalue weighted by atomic mass is 16.6. The zero-order valence-electron chi connectivity index (χ0n) is 21.1. The lowest BCUT2D eigenvalue weighted by molar-refractivity contribution is -0.134. The summed E-state index contributed by atoms with van der Waals surface area (Å²) in [5.41, 5.74) is 6.72. The number of nitrogens with one attached hydrogen (secondary N) is 1. The smallest absolute Gasteiger partial charge is 0.409 e. The van der Waals surface area contributed by atoms with E-state index in [4.69, 9.17) is 15.2 Å². The molecule has 198 valence electrons. The third-order valence-corrected chi connectivity index (χ3v) is 6.51. The molecule has 11 nitrogen and oxygen atoms in total. The average molecular weight is 511 g/mol. The van der Waals surface area contributed by atoms with Gasteiger partial charge < -0.3 is 30.3 Å². The van der Waals surface area contributed by atoms with Crippen LogP contribution in [-0.4, -0.2) is 89.2 Å². The SMILES string of the molecule is CCOC(=O)N1CCN(C(=O)C(CN)NC(=O)c2cc(OC3CCCC3)nc(-c3ccccc3)n2)CC1. The molecule has 1 atom stereocenters. The van der Waals surface area contributed by atoms with Gasteiger partial charge in [-0.2, -0.15) is 4.98 Å². The quantitative estimate of drug-likeness (QED) is 0.548. The molecule has 1 saturated carbocycles. The fraction of sp³-hybridized carbons (Fsp3) is 0.500. The summed E-state index contributed by atoms with van der Waals surface area (Å²) in [7, 11) is 0. The van der Waals surface area contributed by atoms with E-state index in [9.17, 15) is 14.4 Å². The number of hydrogen-bond donors (Lipinski definition) is 2. The van der Waals surface area contributed by atoms with Gasteiger partial charge in [-0.25, -0.2) is 9.78 Å². The Balaban J connectivity index is 1.46. The van der Waals surface area contributed by atoms with E-state index in [0.717, 1.165) is 31.2 Å². The van der Waals surface area contributed by atoms with Crippen LogP contribution < -0.4 is 15.8 Å². The van der Waals surface area contributed by atoms with Gasteiger partial charge in [0.05, 0.1) is 6.61 Å². The van der Waals surface area contributed by atoms with Gasteiger partial charge in [0.25, 0.3) is 5.91 Å². The van der Waals surface area contributed by atoms with Crippen molar-refractivity contribution in [2.45, 2.75) is 44.8 Å². The van der Waals surface area contributed by atoms with Crippen LogP contribution in [0, 0.1) is 0 Å². The highest BCUT2D eigenvalue weighted by Crippen LogP contribution is 2.25. The first-order valence-corrected chi connectivity index (χ1v) is 12.8. The molecule has 3 N–H and O–H groups in total. The summed E-state index contributed by atoms with van der Waals surface area (Å²) in [6.45, 7) is 3.32. The Morgan fingerprint density at radius 3 is 2.38 bits per heavy atom. The number of ether oxygens (including phenoxy) is 2. The molecule has 11 heteroatoms. The van der Waals surface area contributed by atoms with E-state index in [0.29, 0.717) is 44.5 Å². The van der Waals surface area contributed by atoms with E-state index in [1.165, 1.54) is 6.07 Å². The second kappa shape index (κ2) is 12.5. The molecule has 1 saturated heterocycles. The van der Waals surface area contributed by atoms with Crippen LogP contribution in [0.1, 0.15) is 43.1 Å². The maximum absolute atomic E-state index is 13.2. The van der Waals surface area contributed by atoms with Crippen LogP contribution in [0.25, 0.3) is 11.4 Å². The highest BCUT2D eigenvalue weighted by molar-refractivity contribution is 5.96. The Bertz CT molecular complexity index is 1080. The normalized spacial score (nSPS) is 16.8. The van der Waals surface area contributed by atoms with E-state index in [2.05, 4.69) is 15.3 Å². The van der Waals surface area contributed by atoms with Gasteiger partial charge in [-0.15, -0.1) is 0 Å². The van der Waals surface area contributed by atoms with Crippen LogP contribution in [0.5, 0.6) is 5.88 Å². The average Bonchev–Trinajstić information content (AvgIpc) is 3.44. The number of carbonyl (C=O) groups excluding carboxylic acids is 3. The van der Waals surface area contributed by atoms with Crippen LogP contribution in [0.4, 0.5) is 4.79 Å². The number of hydrogen-bond acceptors (Lipinski definition) is 8. The zero-order valence-corrected chi connectivity index (χ0v) is 21.1. The molecule has 2 aromatic rings. The molecule has 2 fully saturated rings. The van der Waals surface area contributed by atoms with Crippen molar-refractivity contribution in [3.63, 3.8) is 0 Å². The fourth-order valence-electron chi connectivity index (χ4n) is 4.49. The van der Waals surface area contributed by atoms with E-state index < -0.39 is 18.0 Å². The second-order valence-corrected chi connectivity index (χ2v) is 9.08. The Morgan fingerprint density at radius 2 is 1.73 bits per heavy atom. The van der Waals surface area contributed by atoms with Crippen molar-refractivity contribution < 1.29 is 23.9 Å². The number of aromatic nitrogens is 2. The summed E-state index contributed by atoms with van der Waals surface area (Å²) >= 11 is 0. The van der Waals surface area contributed by atoms with Crippen molar-refractivity contribution in [3.8, 4) is 17.3 Å². The first-order chi connectivity index (χ1) is 18.0. The molecule has 1 unspecified atom stereocenters. The molecule has 2 heterocycles. The van der Waals surface area contributed by atoms with Gasteiger partial charge in [0.2, 0.25) is 11.8 Å². The Morgan fingerprint density at radius 1 is 1.05 bits per heavy atom. The van der Waals surface area contributed by atoms with E-state index in [1.54, 1.807) is 16.7 Å². The van der Waals surface area contributed by atoms with Gasteiger partial charge in [0.15, 0.2) is 5.82 Å². The molecule has 0 radical (unpaired) electrons. The fourth-order valence-corrected chi connectivity index (χ4v) is 4.49. The molecule has 37 heavy (non-hydrogen) atoms. The third-order valence-electron chi connectivity index (χ3n) is 6.51. The Labute approximate surface area is 216 Å². The minimum atomic E-state index is -0.934. The minimum Gasteiger partial charge on any atom is -0.474 e. The first-order valence-electron chi connectivity index (χ1n) is 12.8. The van der Waals surface area contributed by atoms with Gasteiger partial charge in [-0.05, 0) is 32.6 Å². The van der Waals surface area contributed by atoms with Crippen LogP contribution >= 0.6 is 0 Å². The molecule has 3 amide bonds. The maximum Gasteiger partial charge on any atom is 0.409 e. The number of amides is 3. The summed E-state index contributed by atoms with van der Waals surface area (Å²) in [5, 5.41) is 2.73. The summed E-state index contributed by atoms with van der Waals surface area (Å²) in [4.78, 5) is 50.4. The number of nitrogens with two attached hydrogens (primary N) is 1. The van der Waals surface area contributed by atoms with Gasteiger partial charge >= 0.3 is 6.09 Å². The van der Waals surface area contributed by atoms with E-state index >= 15 is 0 Å². The lowest BCUT2D eigenvalue weighted by Crippen LogP contribution is -2.57. The number of rotatable bonds is 8. The Hall–Kier alpha value is -3.73. The molecule has 4 rings (SSSR count). The summed E-state index contributed by atoms with van der Waals surface area (Å²) in [6.07, 6.45) is 3.75. The van der Waals surface area contributed by atoms with Crippen LogP contribution in [0.2, 0.25) is 0 Å². The molecular weight excluding hydrogens is 476 g/mol. The van der Waals surface area contributed by atoms with Gasteiger partial charge in [-0.1, -0.05) is 30.3 Å². The minimum absolute atomic E-state index is 0.0566. The molecule has 1 aliphatic heterocycles. The molecule has 2 aliphatic rings. The summed E-state index contributed by atoms with van der Waals surface area (Å²) in [6, 6.07) is 9.92. The Kier molecular flexibility index (Phi) is 8.89. The predicted molar refractivity (Wildman–Crippen MR) is 136 cm³/mol. The van der Waals surface area contributed by atoms with Crippen molar-refractivity contribution in [3.05, 3.63) is 42.1 Å². The number of carbonyl (C=O) groups is 3. The molecular formula is C26H34N6O5. The summed E-state index contributed by atoms with van der Waals surface area (Å²) in [5.74, 6) is -0.146. The van der Waals surface area contributed by atoms with Crippen molar-refractivity contribution in [2.24, 2.45) is 5.73 Å². The van der Waals surface area contributed by atoms with Crippen LogP contribution in [0.15, 0.2) is 36.4 Å². The van der Waals surface area contributed by atoms with Crippen LogP contribution in [0.3, 0.4) is 0 Å². The van der Waals surface area contributed by atoms with Crippen molar-refractivity contribution in [1.82, 2.24) is 25.1 Å². The van der Waals surface area contributed by atoms with Gasteiger partial charge in [0.1, 0.15) is 17.8 Å². The van der Waals surface area contributed by atoms with Crippen molar-refractivity contribution in [2.75, 3.05) is 39.3 Å². The first kappa shape index (κ1) is 26.3. The number of nitrogens with zero attached hydrogens (tertiary/aromatic N) is 4. The largest absolute Gasteiger partial charge is 0.474 e. The second-order valence-electron chi connectivity index (χ2n) is 9.08. The standard InChI is InChI=1S/C26H34N6O5/c1-2-36-26(35)32-14-12-31(13-15-32)25(34)21(17-27)29-24(33)20-16-22(37-19-10-6-7-11-19)30-23(28-20)18-8-4-3-5-9-18/h3-5,8-9,16,19,21H,2,6-7,10-15,17,27H2,1H3,(H,29,33). The lowest BCUT2D eigenvalue weighted by Gasteiger charge is -2.35. The summed E-state index contributed by atoms with van der Waals surface area (Å²) < 4.78 is 11.1. The van der Waals surface area contributed by atoms with Crippen molar-refractivity contribution >= 4 is 17.9 Å². The topological polar surface area (TPSA) is 140 Å². The number of piperazine rings is 1. The van der Waals surface area contributed by atoms with Crippen LogP contribution in [-0.2, 0) is 9.53 Å². The third kappa shape index (κ3) is 6.73. The highest BCUT2D eigenvalue weighted by Gasteiger charge is 2.30.